The summed E-state index contributed by atoms with van der Waals surface area (Å²) in [5, 5.41) is 5.76. The standard InChI is InChI=1S/C17H28N2OS/c1-13(2)19(12-17-4-3-9-21-17)11-16-8-7-15(20-16)10-18-14-5-6-14/h3-4,9,13-16,18H,5-8,10-12H2,1-2H3. The van der Waals surface area contributed by atoms with Gasteiger partial charge in [-0.3, -0.25) is 4.90 Å². The van der Waals surface area contributed by atoms with Gasteiger partial charge in [0.25, 0.3) is 0 Å². The maximum absolute atomic E-state index is 6.24. The predicted molar refractivity (Wildman–Crippen MR) is 88.8 cm³/mol. The summed E-state index contributed by atoms with van der Waals surface area (Å²) in [5.41, 5.74) is 0. The summed E-state index contributed by atoms with van der Waals surface area (Å²) in [7, 11) is 0. The molecule has 118 valence electrons. The van der Waals surface area contributed by atoms with Crippen LogP contribution in [-0.4, -0.2) is 42.3 Å². The van der Waals surface area contributed by atoms with E-state index in [-0.39, 0.29) is 0 Å². The van der Waals surface area contributed by atoms with Crippen molar-refractivity contribution in [1.29, 1.82) is 0 Å². The highest BCUT2D eigenvalue weighted by Crippen LogP contribution is 2.24. The van der Waals surface area contributed by atoms with Gasteiger partial charge >= 0.3 is 0 Å². The molecule has 2 unspecified atom stereocenters. The molecule has 1 aliphatic carbocycles. The minimum Gasteiger partial charge on any atom is -0.372 e. The largest absolute Gasteiger partial charge is 0.372 e. The first-order valence-corrected chi connectivity index (χ1v) is 9.24. The Morgan fingerprint density at radius 2 is 2.10 bits per heavy atom. The zero-order valence-corrected chi connectivity index (χ0v) is 14.1. The highest BCUT2D eigenvalue weighted by atomic mass is 32.1. The SMILES string of the molecule is CC(C)N(Cc1cccs1)CC1CCC(CNC2CC2)O1. The number of rotatable bonds is 8. The van der Waals surface area contributed by atoms with E-state index in [1.807, 2.05) is 11.3 Å². The fraction of sp³-hybridized carbons (Fsp3) is 0.765. The van der Waals surface area contributed by atoms with Crippen LogP contribution in [0.1, 0.15) is 44.4 Å². The molecular weight excluding hydrogens is 280 g/mol. The van der Waals surface area contributed by atoms with Crippen LogP contribution in [0.25, 0.3) is 0 Å². The topological polar surface area (TPSA) is 24.5 Å². The predicted octanol–water partition coefficient (Wildman–Crippen LogP) is 3.26. The van der Waals surface area contributed by atoms with Crippen LogP contribution in [0.3, 0.4) is 0 Å². The second-order valence-electron chi connectivity index (χ2n) is 6.74. The van der Waals surface area contributed by atoms with Crippen LogP contribution in [0.15, 0.2) is 17.5 Å². The summed E-state index contributed by atoms with van der Waals surface area (Å²) in [6.07, 6.45) is 6.00. The van der Waals surface area contributed by atoms with Gasteiger partial charge in [-0.2, -0.15) is 0 Å². The minimum absolute atomic E-state index is 0.415. The van der Waals surface area contributed by atoms with E-state index in [0.717, 1.165) is 25.7 Å². The number of hydrogen-bond acceptors (Lipinski definition) is 4. The molecular formula is C17H28N2OS. The summed E-state index contributed by atoms with van der Waals surface area (Å²) in [6, 6.07) is 5.74. The summed E-state index contributed by atoms with van der Waals surface area (Å²) < 4.78 is 6.24. The van der Waals surface area contributed by atoms with Gasteiger partial charge in [0.05, 0.1) is 12.2 Å². The smallest absolute Gasteiger partial charge is 0.0707 e. The summed E-state index contributed by atoms with van der Waals surface area (Å²) in [6.45, 7) is 7.74. The van der Waals surface area contributed by atoms with Crippen LogP contribution in [0.5, 0.6) is 0 Å². The van der Waals surface area contributed by atoms with Crippen LogP contribution >= 0.6 is 11.3 Å². The van der Waals surface area contributed by atoms with Crippen LogP contribution in [0, 0.1) is 0 Å². The molecule has 1 saturated heterocycles. The van der Waals surface area contributed by atoms with Crippen LogP contribution in [0.2, 0.25) is 0 Å². The lowest BCUT2D eigenvalue weighted by Gasteiger charge is -2.28. The maximum atomic E-state index is 6.24. The van der Waals surface area contributed by atoms with Crippen molar-refractivity contribution < 1.29 is 4.74 Å². The Balaban J connectivity index is 1.44. The van der Waals surface area contributed by atoms with Crippen LogP contribution < -0.4 is 5.32 Å². The molecule has 0 amide bonds. The van der Waals surface area contributed by atoms with Gasteiger partial charge < -0.3 is 10.1 Å². The van der Waals surface area contributed by atoms with Crippen molar-refractivity contribution in [2.24, 2.45) is 0 Å². The Kier molecular flexibility index (Phi) is 5.33. The van der Waals surface area contributed by atoms with E-state index in [2.05, 4.69) is 41.6 Å². The average Bonchev–Trinajstić information content (AvgIpc) is 2.96. The van der Waals surface area contributed by atoms with E-state index in [1.165, 1.54) is 30.6 Å². The van der Waals surface area contributed by atoms with E-state index in [1.54, 1.807) is 0 Å². The molecule has 3 rings (SSSR count). The first-order chi connectivity index (χ1) is 10.2. The molecule has 2 heterocycles. The molecule has 1 N–H and O–H groups in total. The molecule has 0 radical (unpaired) electrons. The Hall–Kier alpha value is -0.420. The fourth-order valence-corrected chi connectivity index (χ4v) is 3.70. The molecule has 2 aliphatic rings. The lowest BCUT2D eigenvalue weighted by molar-refractivity contribution is 0.0154. The number of thiophene rings is 1. The highest BCUT2D eigenvalue weighted by Gasteiger charge is 2.29. The molecule has 1 aromatic heterocycles. The lowest BCUT2D eigenvalue weighted by atomic mass is 10.1. The quantitative estimate of drug-likeness (QED) is 0.798. The van der Waals surface area contributed by atoms with Crippen molar-refractivity contribution >= 4 is 11.3 Å². The molecule has 1 aromatic rings. The van der Waals surface area contributed by atoms with Crippen LogP contribution in [-0.2, 0) is 11.3 Å². The van der Waals surface area contributed by atoms with Gasteiger partial charge in [0, 0.05) is 36.6 Å². The van der Waals surface area contributed by atoms with Crippen LogP contribution in [0.4, 0.5) is 0 Å². The van der Waals surface area contributed by atoms with Gasteiger partial charge in [0.15, 0.2) is 0 Å². The molecule has 0 spiro atoms. The number of hydrogen-bond donors (Lipinski definition) is 1. The second-order valence-corrected chi connectivity index (χ2v) is 7.77. The first kappa shape index (κ1) is 15.5. The van der Waals surface area contributed by atoms with Gasteiger partial charge in [0.2, 0.25) is 0 Å². The number of ether oxygens (including phenoxy) is 1. The van der Waals surface area contributed by atoms with E-state index in [9.17, 15) is 0 Å². The Morgan fingerprint density at radius 3 is 2.76 bits per heavy atom. The van der Waals surface area contributed by atoms with E-state index >= 15 is 0 Å². The molecule has 2 atom stereocenters. The van der Waals surface area contributed by atoms with Gasteiger partial charge in [-0.25, -0.2) is 0 Å². The third-order valence-corrected chi connectivity index (χ3v) is 5.38. The zero-order valence-electron chi connectivity index (χ0n) is 13.3. The Morgan fingerprint density at radius 1 is 1.29 bits per heavy atom. The van der Waals surface area contributed by atoms with Crippen molar-refractivity contribution in [1.82, 2.24) is 10.2 Å². The average molecular weight is 308 g/mol. The van der Waals surface area contributed by atoms with E-state index in [4.69, 9.17) is 4.74 Å². The summed E-state index contributed by atoms with van der Waals surface area (Å²) in [4.78, 5) is 4.00. The number of nitrogens with zero attached hydrogens (tertiary/aromatic N) is 1. The van der Waals surface area contributed by atoms with Gasteiger partial charge in [-0.05, 0) is 51.0 Å². The summed E-state index contributed by atoms with van der Waals surface area (Å²) in [5.74, 6) is 0. The minimum atomic E-state index is 0.415. The molecule has 1 saturated carbocycles. The van der Waals surface area contributed by atoms with Crippen molar-refractivity contribution in [2.45, 2.75) is 70.4 Å². The Bertz CT molecular complexity index is 416. The molecule has 0 bridgehead atoms. The molecule has 3 nitrogen and oxygen atoms in total. The monoisotopic (exact) mass is 308 g/mol. The van der Waals surface area contributed by atoms with Crippen molar-refractivity contribution in [3.63, 3.8) is 0 Å². The molecule has 2 fully saturated rings. The third-order valence-electron chi connectivity index (χ3n) is 4.51. The molecule has 4 heteroatoms. The van der Waals surface area contributed by atoms with Gasteiger partial charge in [0.1, 0.15) is 0 Å². The normalized spacial score (nSPS) is 26.1. The van der Waals surface area contributed by atoms with Gasteiger partial charge in [-0.15, -0.1) is 11.3 Å². The zero-order chi connectivity index (χ0) is 14.7. The Labute approximate surface area is 132 Å². The third kappa shape index (κ3) is 4.78. The lowest BCUT2D eigenvalue weighted by Crippen LogP contribution is -2.37. The molecule has 0 aromatic carbocycles. The summed E-state index contributed by atoms with van der Waals surface area (Å²) >= 11 is 1.85. The van der Waals surface area contributed by atoms with Crippen molar-refractivity contribution in [3.8, 4) is 0 Å². The molecule has 1 aliphatic heterocycles. The first-order valence-electron chi connectivity index (χ1n) is 8.36. The second kappa shape index (κ2) is 7.23. The number of nitrogens with one attached hydrogen (secondary N) is 1. The molecule has 21 heavy (non-hydrogen) atoms. The van der Waals surface area contributed by atoms with Gasteiger partial charge in [-0.1, -0.05) is 6.07 Å². The van der Waals surface area contributed by atoms with Crippen molar-refractivity contribution in [2.75, 3.05) is 13.1 Å². The maximum Gasteiger partial charge on any atom is 0.0707 e. The van der Waals surface area contributed by atoms with Crippen molar-refractivity contribution in [3.05, 3.63) is 22.4 Å². The fourth-order valence-electron chi connectivity index (χ4n) is 2.97. The highest BCUT2D eigenvalue weighted by molar-refractivity contribution is 7.09. The van der Waals surface area contributed by atoms with E-state index in [0.29, 0.717) is 18.2 Å². The van der Waals surface area contributed by atoms with E-state index < -0.39 is 0 Å².